The molecule has 0 aliphatic rings. The van der Waals surface area contributed by atoms with Crippen LogP contribution in [0.25, 0.3) is 0 Å². The fourth-order valence-electron chi connectivity index (χ4n) is 4.92. The molecule has 0 saturated carbocycles. The fourth-order valence-corrected chi connectivity index (χ4v) is 4.92. The van der Waals surface area contributed by atoms with Crippen LogP contribution in [-0.4, -0.2) is 14.8 Å². The average molecular weight is 462 g/mol. The molecule has 1 rings (SSSR count). The standard InChI is InChI=1S/C30H55NO2/c1-4-6-7-8-9-10-11-12-13-14-15-16-17-18-19-20-21-22-24-27(3)28(23-5-2)31-29(32)25-26-30(31)33/h24-26,28,32-33H,4-23H2,1-3H3. The molecule has 0 amide bonds. The molecule has 0 spiro atoms. The van der Waals surface area contributed by atoms with Crippen molar-refractivity contribution in [1.82, 2.24) is 4.57 Å². The molecule has 1 aromatic heterocycles. The first-order valence-corrected chi connectivity index (χ1v) is 14.4. The maximum atomic E-state index is 10.1. The molecule has 0 fully saturated rings. The van der Waals surface area contributed by atoms with E-state index in [4.69, 9.17) is 0 Å². The number of aromatic hydroxyl groups is 2. The van der Waals surface area contributed by atoms with E-state index in [9.17, 15) is 10.2 Å². The van der Waals surface area contributed by atoms with Crippen LogP contribution < -0.4 is 0 Å². The highest BCUT2D eigenvalue weighted by molar-refractivity contribution is 5.28. The molecule has 0 aliphatic heterocycles. The molecule has 0 radical (unpaired) electrons. The van der Waals surface area contributed by atoms with Crippen molar-refractivity contribution >= 4 is 0 Å². The third-order valence-corrected chi connectivity index (χ3v) is 7.05. The Bertz CT molecular complexity index is 585. The predicted molar refractivity (Wildman–Crippen MR) is 144 cm³/mol. The van der Waals surface area contributed by atoms with Gasteiger partial charge in [-0.05, 0) is 26.2 Å². The normalized spacial score (nSPS) is 13.0. The second-order valence-electron chi connectivity index (χ2n) is 10.1. The number of rotatable bonds is 22. The first kappa shape index (κ1) is 29.7. The van der Waals surface area contributed by atoms with Crippen LogP contribution in [0.4, 0.5) is 0 Å². The van der Waals surface area contributed by atoms with Gasteiger partial charge >= 0.3 is 0 Å². The maximum Gasteiger partial charge on any atom is 0.194 e. The van der Waals surface area contributed by atoms with Crippen LogP contribution in [0.1, 0.15) is 155 Å². The van der Waals surface area contributed by atoms with Crippen LogP contribution in [-0.2, 0) is 0 Å². The third-order valence-electron chi connectivity index (χ3n) is 7.05. The van der Waals surface area contributed by atoms with Crippen molar-refractivity contribution in [3.8, 4) is 11.8 Å². The van der Waals surface area contributed by atoms with Gasteiger partial charge < -0.3 is 10.2 Å². The van der Waals surface area contributed by atoms with Gasteiger partial charge in [-0.2, -0.15) is 0 Å². The Labute approximate surface area is 205 Å². The molecule has 192 valence electrons. The first-order valence-electron chi connectivity index (χ1n) is 14.4. The Morgan fingerprint density at radius 2 is 1.06 bits per heavy atom. The van der Waals surface area contributed by atoms with Gasteiger partial charge in [-0.25, -0.2) is 0 Å². The summed E-state index contributed by atoms with van der Waals surface area (Å²) in [4.78, 5) is 0. The molecule has 1 heterocycles. The molecule has 1 unspecified atom stereocenters. The minimum Gasteiger partial charge on any atom is -0.494 e. The highest BCUT2D eigenvalue weighted by Gasteiger charge is 2.18. The number of allylic oxidation sites excluding steroid dienone is 2. The molecule has 1 aromatic rings. The van der Waals surface area contributed by atoms with Crippen molar-refractivity contribution < 1.29 is 10.2 Å². The molecule has 0 saturated heterocycles. The highest BCUT2D eigenvalue weighted by atomic mass is 16.3. The van der Waals surface area contributed by atoms with E-state index in [1.54, 1.807) is 16.7 Å². The molecule has 0 bridgehead atoms. The summed E-state index contributed by atoms with van der Waals surface area (Å²) in [5.41, 5.74) is 1.25. The van der Waals surface area contributed by atoms with E-state index in [0.29, 0.717) is 0 Å². The Morgan fingerprint density at radius 3 is 1.45 bits per heavy atom. The molecule has 3 nitrogen and oxygen atoms in total. The van der Waals surface area contributed by atoms with Crippen LogP contribution in [0, 0.1) is 0 Å². The van der Waals surface area contributed by atoms with E-state index in [0.717, 1.165) is 19.3 Å². The van der Waals surface area contributed by atoms with Crippen LogP contribution in [0.15, 0.2) is 23.8 Å². The lowest BCUT2D eigenvalue weighted by molar-refractivity contribution is 0.339. The first-order chi connectivity index (χ1) is 16.1. The molecule has 3 heteroatoms. The molecule has 33 heavy (non-hydrogen) atoms. The largest absolute Gasteiger partial charge is 0.494 e. The number of hydrogen-bond donors (Lipinski definition) is 2. The summed E-state index contributed by atoms with van der Waals surface area (Å²) in [6.45, 7) is 6.57. The van der Waals surface area contributed by atoms with Gasteiger partial charge in [0.05, 0.1) is 6.04 Å². The monoisotopic (exact) mass is 461 g/mol. The van der Waals surface area contributed by atoms with Crippen molar-refractivity contribution in [2.24, 2.45) is 0 Å². The number of unbranched alkanes of at least 4 members (excludes halogenated alkanes) is 17. The number of aromatic nitrogens is 1. The van der Waals surface area contributed by atoms with E-state index < -0.39 is 0 Å². The van der Waals surface area contributed by atoms with Gasteiger partial charge in [0.2, 0.25) is 0 Å². The topological polar surface area (TPSA) is 45.4 Å². The lowest BCUT2D eigenvalue weighted by atomic mass is 10.0. The van der Waals surface area contributed by atoms with E-state index in [1.165, 1.54) is 115 Å². The molecule has 0 aliphatic carbocycles. The summed E-state index contributed by atoms with van der Waals surface area (Å²) in [5, 5.41) is 20.2. The summed E-state index contributed by atoms with van der Waals surface area (Å²) >= 11 is 0. The summed E-state index contributed by atoms with van der Waals surface area (Å²) in [6, 6.07) is 3.19. The zero-order valence-electron chi connectivity index (χ0n) is 22.3. The van der Waals surface area contributed by atoms with Gasteiger partial charge in [-0.3, -0.25) is 4.57 Å². The third kappa shape index (κ3) is 13.8. The average Bonchev–Trinajstić information content (AvgIpc) is 3.14. The number of hydrogen-bond acceptors (Lipinski definition) is 2. The van der Waals surface area contributed by atoms with Crippen molar-refractivity contribution in [3.63, 3.8) is 0 Å². The van der Waals surface area contributed by atoms with Gasteiger partial charge in [-0.15, -0.1) is 0 Å². The summed E-state index contributed by atoms with van der Waals surface area (Å²) in [5.74, 6) is 0.299. The van der Waals surface area contributed by atoms with E-state index in [-0.39, 0.29) is 17.8 Å². The van der Waals surface area contributed by atoms with Gasteiger partial charge in [0.15, 0.2) is 11.8 Å². The highest BCUT2D eigenvalue weighted by Crippen LogP contribution is 2.33. The zero-order chi connectivity index (χ0) is 24.2. The van der Waals surface area contributed by atoms with Crippen LogP contribution >= 0.6 is 0 Å². The van der Waals surface area contributed by atoms with Gasteiger partial charge in [-0.1, -0.05) is 135 Å². The molecule has 0 aromatic carbocycles. The lowest BCUT2D eigenvalue weighted by Gasteiger charge is -2.21. The summed E-state index contributed by atoms with van der Waals surface area (Å²) < 4.78 is 1.66. The second-order valence-corrected chi connectivity index (χ2v) is 10.1. The van der Waals surface area contributed by atoms with Gasteiger partial charge in [0.1, 0.15) is 0 Å². The lowest BCUT2D eigenvalue weighted by Crippen LogP contribution is -2.09. The maximum absolute atomic E-state index is 10.1. The molecule has 1 atom stereocenters. The van der Waals surface area contributed by atoms with Gasteiger partial charge in [0.25, 0.3) is 0 Å². The molecule has 2 N–H and O–H groups in total. The molecular weight excluding hydrogens is 406 g/mol. The quantitative estimate of drug-likeness (QED) is 0.133. The van der Waals surface area contributed by atoms with Crippen LogP contribution in [0.5, 0.6) is 11.8 Å². The Balaban J connectivity index is 1.99. The zero-order valence-corrected chi connectivity index (χ0v) is 22.3. The Hall–Kier alpha value is -1.38. The van der Waals surface area contributed by atoms with E-state index in [1.807, 2.05) is 0 Å². The van der Waals surface area contributed by atoms with Crippen molar-refractivity contribution in [1.29, 1.82) is 0 Å². The van der Waals surface area contributed by atoms with Crippen molar-refractivity contribution in [2.45, 2.75) is 155 Å². The SMILES string of the molecule is CCCCCCCCCCCCCCCCCCCC=C(C)C(CCC)n1c(O)ccc1O. The summed E-state index contributed by atoms with van der Waals surface area (Å²) in [7, 11) is 0. The van der Waals surface area contributed by atoms with Crippen molar-refractivity contribution in [3.05, 3.63) is 23.8 Å². The van der Waals surface area contributed by atoms with Crippen LogP contribution in [0.3, 0.4) is 0 Å². The Morgan fingerprint density at radius 1 is 0.667 bits per heavy atom. The van der Waals surface area contributed by atoms with Gasteiger partial charge in [0, 0.05) is 12.1 Å². The van der Waals surface area contributed by atoms with E-state index >= 15 is 0 Å². The minimum absolute atomic E-state index is 0.0517. The second kappa shape index (κ2) is 20.0. The minimum atomic E-state index is 0.0517. The predicted octanol–water partition coefficient (Wildman–Crippen LogP) is 10.2. The fraction of sp³-hybridized carbons (Fsp3) is 0.800. The van der Waals surface area contributed by atoms with Crippen LogP contribution in [0.2, 0.25) is 0 Å². The number of nitrogens with zero attached hydrogens (tertiary/aromatic N) is 1. The molecular formula is C30H55NO2. The van der Waals surface area contributed by atoms with Crippen molar-refractivity contribution in [2.75, 3.05) is 0 Å². The Kier molecular flexibility index (Phi) is 18.0. The summed E-state index contributed by atoms with van der Waals surface area (Å²) in [6.07, 6.45) is 29.2. The van der Waals surface area contributed by atoms with E-state index in [2.05, 4.69) is 26.8 Å². The smallest absolute Gasteiger partial charge is 0.194 e.